The number of rotatable bonds is 4. The van der Waals surface area contributed by atoms with Crippen molar-refractivity contribution in [2.75, 3.05) is 13.6 Å². The molecule has 1 fully saturated rings. The Morgan fingerprint density at radius 2 is 1.80 bits per heavy atom. The van der Waals surface area contributed by atoms with Gasteiger partial charge in [-0.2, -0.15) is 0 Å². The molecule has 1 saturated carbocycles. The molecule has 0 radical (unpaired) electrons. The van der Waals surface area contributed by atoms with Gasteiger partial charge in [-0.1, -0.05) is 38.1 Å². The quantitative estimate of drug-likeness (QED) is 0.909. The van der Waals surface area contributed by atoms with Crippen LogP contribution in [0.15, 0.2) is 24.3 Å². The molecule has 0 bridgehead atoms. The highest BCUT2D eigenvalue weighted by atomic mass is 15.2. The molecule has 1 aromatic rings. The van der Waals surface area contributed by atoms with Gasteiger partial charge in [0.25, 0.3) is 0 Å². The Labute approximate surface area is 124 Å². The van der Waals surface area contributed by atoms with Crippen LogP contribution in [0.3, 0.4) is 0 Å². The normalized spacial score (nSPS) is 30.7. The third-order valence-electron chi connectivity index (χ3n) is 5.12. The van der Waals surface area contributed by atoms with Gasteiger partial charge in [0, 0.05) is 18.6 Å². The van der Waals surface area contributed by atoms with Crippen LogP contribution in [0, 0.1) is 18.8 Å². The van der Waals surface area contributed by atoms with Crippen LogP contribution in [0.4, 0.5) is 0 Å². The summed E-state index contributed by atoms with van der Waals surface area (Å²) in [6.45, 7) is 8.72. The maximum atomic E-state index is 6.21. The number of benzene rings is 1. The van der Waals surface area contributed by atoms with Crippen molar-refractivity contribution in [1.29, 1.82) is 0 Å². The first kappa shape index (κ1) is 15.5. The second-order valence-corrected chi connectivity index (χ2v) is 7.07. The zero-order valence-corrected chi connectivity index (χ0v) is 13.5. The maximum absolute atomic E-state index is 6.21. The molecule has 1 aliphatic rings. The summed E-state index contributed by atoms with van der Waals surface area (Å²) in [5.41, 5.74) is 9.20. The van der Waals surface area contributed by atoms with Crippen molar-refractivity contribution in [3.05, 3.63) is 35.4 Å². The van der Waals surface area contributed by atoms with E-state index in [-0.39, 0.29) is 5.54 Å². The Hall–Kier alpha value is -0.860. The van der Waals surface area contributed by atoms with Crippen LogP contribution < -0.4 is 5.73 Å². The average Bonchev–Trinajstić information content (AvgIpc) is 2.40. The molecule has 20 heavy (non-hydrogen) atoms. The lowest BCUT2D eigenvalue weighted by molar-refractivity contribution is 0.0332. The van der Waals surface area contributed by atoms with Gasteiger partial charge in [-0.3, -0.25) is 4.90 Å². The monoisotopic (exact) mass is 274 g/mol. The molecule has 1 aliphatic carbocycles. The van der Waals surface area contributed by atoms with Gasteiger partial charge in [0.05, 0.1) is 0 Å². The molecule has 2 heteroatoms. The third-order valence-corrected chi connectivity index (χ3v) is 5.12. The van der Waals surface area contributed by atoms with Gasteiger partial charge >= 0.3 is 0 Å². The minimum atomic E-state index is 0.180. The Bertz CT molecular complexity index is 431. The molecule has 0 spiro atoms. The van der Waals surface area contributed by atoms with Gasteiger partial charge in [-0.25, -0.2) is 0 Å². The number of likely N-dealkylation sites (N-methyl/N-ethyl adjacent to an activating group) is 1. The number of nitrogens with zero attached hydrogens (tertiary/aromatic N) is 1. The van der Waals surface area contributed by atoms with Gasteiger partial charge in [-0.15, -0.1) is 0 Å². The van der Waals surface area contributed by atoms with E-state index in [0.717, 1.165) is 24.9 Å². The second-order valence-electron chi connectivity index (χ2n) is 7.07. The van der Waals surface area contributed by atoms with Crippen LogP contribution >= 0.6 is 0 Å². The summed E-state index contributed by atoms with van der Waals surface area (Å²) in [7, 11) is 2.25. The highest BCUT2D eigenvalue weighted by Gasteiger charge is 2.39. The molecule has 0 heterocycles. The molecule has 0 amide bonds. The fourth-order valence-corrected chi connectivity index (χ4v) is 4.08. The van der Waals surface area contributed by atoms with E-state index in [1.165, 1.54) is 30.4 Å². The standard InChI is InChI=1S/C18H30N2/c1-14-9-15(2)11-18(10-14,13-19)20(4)12-17-8-6-5-7-16(17)3/h5-8,14-15H,9-13,19H2,1-4H3. The molecule has 112 valence electrons. The summed E-state index contributed by atoms with van der Waals surface area (Å²) in [6.07, 6.45) is 3.81. The predicted octanol–water partition coefficient (Wildman–Crippen LogP) is 3.58. The Morgan fingerprint density at radius 3 is 2.35 bits per heavy atom. The fraction of sp³-hybridized carbons (Fsp3) is 0.667. The topological polar surface area (TPSA) is 29.3 Å². The number of hydrogen-bond donors (Lipinski definition) is 1. The van der Waals surface area contributed by atoms with Crippen LogP contribution in [0.5, 0.6) is 0 Å². The van der Waals surface area contributed by atoms with E-state index in [1.807, 2.05) is 0 Å². The summed E-state index contributed by atoms with van der Waals surface area (Å²) >= 11 is 0. The van der Waals surface area contributed by atoms with E-state index < -0.39 is 0 Å². The van der Waals surface area contributed by atoms with Gasteiger partial charge in [0.2, 0.25) is 0 Å². The van der Waals surface area contributed by atoms with Crippen LogP contribution in [0.1, 0.15) is 44.2 Å². The van der Waals surface area contributed by atoms with Gasteiger partial charge in [0.15, 0.2) is 0 Å². The predicted molar refractivity (Wildman–Crippen MR) is 86.6 cm³/mol. The Kier molecular flexibility index (Phi) is 4.87. The van der Waals surface area contributed by atoms with Crippen molar-refractivity contribution in [1.82, 2.24) is 4.90 Å². The van der Waals surface area contributed by atoms with Crippen LogP contribution in [-0.2, 0) is 6.54 Å². The van der Waals surface area contributed by atoms with Crippen molar-refractivity contribution in [3.8, 4) is 0 Å². The number of hydrogen-bond acceptors (Lipinski definition) is 2. The maximum Gasteiger partial charge on any atom is 0.0337 e. The van der Waals surface area contributed by atoms with Crippen molar-refractivity contribution < 1.29 is 0 Å². The highest BCUT2D eigenvalue weighted by Crippen LogP contribution is 2.39. The zero-order chi connectivity index (χ0) is 14.8. The molecule has 2 unspecified atom stereocenters. The van der Waals surface area contributed by atoms with E-state index >= 15 is 0 Å². The molecule has 2 atom stereocenters. The first-order valence-electron chi connectivity index (χ1n) is 7.92. The molecule has 0 aliphatic heterocycles. The minimum absolute atomic E-state index is 0.180. The SMILES string of the molecule is Cc1ccccc1CN(C)C1(CN)CC(C)CC(C)C1. The molecule has 2 rings (SSSR count). The number of aryl methyl sites for hydroxylation is 1. The molecule has 2 nitrogen and oxygen atoms in total. The molecule has 0 saturated heterocycles. The van der Waals surface area contributed by atoms with E-state index in [2.05, 4.69) is 57.0 Å². The summed E-state index contributed by atoms with van der Waals surface area (Å²) in [4.78, 5) is 2.52. The van der Waals surface area contributed by atoms with Crippen molar-refractivity contribution >= 4 is 0 Å². The molecule has 2 N–H and O–H groups in total. The van der Waals surface area contributed by atoms with Crippen LogP contribution in [-0.4, -0.2) is 24.0 Å². The van der Waals surface area contributed by atoms with Gasteiger partial charge in [-0.05, 0) is 56.2 Å². The summed E-state index contributed by atoms with van der Waals surface area (Å²) in [6, 6.07) is 8.69. The van der Waals surface area contributed by atoms with E-state index in [1.54, 1.807) is 0 Å². The lowest BCUT2D eigenvalue weighted by Gasteiger charge is -2.48. The van der Waals surface area contributed by atoms with Crippen LogP contribution in [0.25, 0.3) is 0 Å². The molecule has 1 aromatic carbocycles. The largest absolute Gasteiger partial charge is 0.329 e. The first-order valence-corrected chi connectivity index (χ1v) is 7.92. The first-order chi connectivity index (χ1) is 9.47. The average molecular weight is 274 g/mol. The summed E-state index contributed by atoms with van der Waals surface area (Å²) in [5, 5.41) is 0. The van der Waals surface area contributed by atoms with E-state index in [9.17, 15) is 0 Å². The molecule has 0 aromatic heterocycles. The second kappa shape index (κ2) is 6.28. The van der Waals surface area contributed by atoms with Crippen molar-refractivity contribution in [2.45, 2.75) is 52.1 Å². The smallest absolute Gasteiger partial charge is 0.0337 e. The Morgan fingerprint density at radius 1 is 1.20 bits per heavy atom. The molecular formula is C18H30N2. The van der Waals surface area contributed by atoms with E-state index in [4.69, 9.17) is 5.73 Å². The highest BCUT2D eigenvalue weighted by molar-refractivity contribution is 5.25. The summed E-state index contributed by atoms with van der Waals surface area (Å²) in [5.74, 6) is 1.56. The van der Waals surface area contributed by atoms with Crippen LogP contribution in [0.2, 0.25) is 0 Å². The zero-order valence-electron chi connectivity index (χ0n) is 13.5. The van der Waals surface area contributed by atoms with Gasteiger partial charge in [0.1, 0.15) is 0 Å². The summed E-state index contributed by atoms with van der Waals surface area (Å²) < 4.78 is 0. The van der Waals surface area contributed by atoms with E-state index in [0.29, 0.717) is 0 Å². The van der Waals surface area contributed by atoms with Crippen molar-refractivity contribution in [3.63, 3.8) is 0 Å². The fourth-order valence-electron chi connectivity index (χ4n) is 4.08. The minimum Gasteiger partial charge on any atom is -0.329 e. The van der Waals surface area contributed by atoms with Gasteiger partial charge < -0.3 is 5.73 Å². The lowest BCUT2D eigenvalue weighted by Crippen LogP contribution is -2.55. The van der Waals surface area contributed by atoms with Crippen molar-refractivity contribution in [2.24, 2.45) is 17.6 Å². The number of nitrogens with two attached hydrogens (primary N) is 1. The molecular weight excluding hydrogens is 244 g/mol. The third kappa shape index (κ3) is 3.24. The lowest BCUT2D eigenvalue weighted by atomic mass is 9.70. The Balaban J connectivity index is 2.16.